The first-order valence-electron chi connectivity index (χ1n) is 3.82. The Balaban J connectivity index is 2.70. The molecule has 1 aromatic heterocycles. The van der Waals surface area contributed by atoms with Gasteiger partial charge in [-0.15, -0.1) is 0 Å². The third-order valence-electron chi connectivity index (χ3n) is 1.45. The van der Waals surface area contributed by atoms with E-state index in [1.165, 1.54) is 12.4 Å². The van der Waals surface area contributed by atoms with E-state index in [2.05, 4.69) is 16.9 Å². The van der Waals surface area contributed by atoms with E-state index >= 15 is 0 Å². The Morgan fingerprint density at radius 2 is 2.36 bits per heavy atom. The van der Waals surface area contributed by atoms with Crippen molar-refractivity contribution in [1.82, 2.24) is 10.3 Å². The van der Waals surface area contributed by atoms with Crippen molar-refractivity contribution in [1.29, 1.82) is 0 Å². The summed E-state index contributed by atoms with van der Waals surface area (Å²) >= 11 is 11.3. The maximum absolute atomic E-state index is 11.4. The van der Waals surface area contributed by atoms with E-state index in [1.807, 2.05) is 0 Å². The lowest BCUT2D eigenvalue weighted by molar-refractivity contribution is 0.0957. The first-order valence-corrected chi connectivity index (χ1v) is 4.58. The Labute approximate surface area is 91.7 Å². The zero-order valence-corrected chi connectivity index (χ0v) is 8.77. The predicted octanol–water partition coefficient (Wildman–Crippen LogP) is 2.22. The molecule has 0 bridgehead atoms. The molecule has 0 atom stereocenters. The van der Waals surface area contributed by atoms with E-state index in [9.17, 15) is 4.79 Å². The van der Waals surface area contributed by atoms with Crippen LogP contribution in [0.15, 0.2) is 30.1 Å². The maximum atomic E-state index is 11.4. The SMILES string of the molecule is C=C(Cl)CNC(=O)c1cnccc1Cl. The van der Waals surface area contributed by atoms with Crippen LogP contribution in [-0.4, -0.2) is 17.4 Å². The average Bonchev–Trinajstić information content (AvgIpc) is 2.15. The number of nitrogens with one attached hydrogen (secondary N) is 1. The molecule has 5 heteroatoms. The molecule has 1 rings (SSSR count). The first kappa shape index (κ1) is 11.0. The molecular formula is C9H8Cl2N2O. The van der Waals surface area contributed by atoms with Gasteiger partial charge < -0.3 is 5.32 Å². The lowest BCUT2D eigenvalue weighted by Gasteiger charge is -2.04. The molecule has 0 spiro atoms. The fraction of sp³-hybridized carbons (Fsp3) is 0.111. The first-order chi connectivity index (χ1) is 6.61. The fourth-order valence-electron chi connectivity index (χ4n) is 0.816. The zero-order chi connectivity index (χ0) is 10.6. The van der Waals surface area contributed by atoms with Gasteiger partial charge >= 0.3 is 0 Å². The standard InChI is InChI=1S/C9H8Cl2N2O/c1-6(10)4-13-9(14)7-5-12-3-2-8(7)11/h2-3,5H,1,4H2,(H,13,14). The van der Waals surface area contributed by atoms with Crippen LogP contribution in [0.4, 0.5) is 0 Å². The highest BCUT2D eigenvalue weighted by Gasteiger charge is 2.09. The number of rotatable bonds is 3. The van der Waals surface area contributed by atoms with E-state index in [4.69, 9.17) is 23.2 Å². The zero-order valence-electron chi connectivity index (χ0n) is 7.26. The molecule has 0 aliphatic rings. The lowest BCUT2D eigenvalue weighted by atomic mass is 10.2. The van der Waals surface area contributed by atoms with Gasteiger partial charge in [0.25, 0.3) is 5.91 Å². The van der Waals surface area contributed by atoms with Crippen molar-refractivity contribution in [3.05, 3.63) is 40.7 Å². The van der Waals surface area contributed by atoms with Crippen LogP contribution in [0.25, 0.3) is 0 Å². The van der Waals surface area contributed by atoms with Crippen LogP contribution in [0.2, 0.25) is 5.02 Å². The van der Waals surface area contributed by atoms with Crippen molar-refractivity contribution < 1.29 is 4.79 Å². The van der Waals surface area contributed by atoms with E-state index < -0.39 is 0 Å². The number of aromatic nitrogens is 1. The minimum Gasteiger partial charge on any atom is -0.347 e. The number of hydrogen-bond donors (Lipinski definition) is 1. The summed E-state index contributed by atoms with van der Waals surface area (Å²) in [6.45, 7) is 3.66. The maximum Gasteiger partial charge on any atom is 0.254 e. The molecule has 1 N–H and O–H groups in total. The molecule has 1 heterocycles. The highest BCUT2D eigenvalue weighted by atomic mass is 35.5. The largest absolute Gasteiger partial charge is 0.347 e. The van der Waals surface area contributed by atoms with Crippen LogP contribution in [0, 0.1) is 0 Å². The molecule has 0 aromatic carbocycles. The van der Waals surface area contributed by atoms with Crippen molar-refractivity contribution in [2.45, 2.75) is 0 Å². The Morgan fingerprint density at radius 3 is 2.93 bits per heavy atom. The molecule has 1 amide bonds. The van der Waals surface area contributed by atoms with Crippen LogP contribution in [-0.2, 0) is 0 Å². The summed E-state index contributed by atoms with van der Waals surface area (Å²) in [4.78, 5) is 15.2. The number of pyridine rings is 1. The second-order valence-electron chi connectivity index (χ2n) is 2.56. The van der Waals surface area contributed by atoms with Crippen LogP contribution in [0.1, 0.15) is 10.4 Å². The Morgan fingerprint density at radius 1 is 1.64 bits per heavy atom. The van der Waals surface area contributed by atoms with Crippen molar-refractivity contribution >= 4 is 29.1 Å². The van der Waals surface area contributed by atoms with Crippen LogP contribution in [0.3, 0.4) is 0 Å². The lowest BCUT2D eigenvalue weighted by Crippen LogP contribution is -2.24. The van der Waals surface area contributed by atoms with E-state index in [0.717, 1.165) is 0 Å². The molecule has 3 nitrogen and oxygen atoms in total. The normalized spacial score (nSPS) is 9.57. The minimum absolute atomic E-state index is 0.214. The summed E-state index contributed by atoms with van der Waals surface area (Å²) in [6.07, 6.45) is 2.91. The highest BCUT2D eigenvalue weighted by molar-refractivity contribution is 6.33. The molecule has 74 valence electrons. The van der Waals surface area contributed by atoms with E-state index in [1.54, 1.807) is 6.07 Å². The molecular weight excluding hydrogens is 223 g/mol. The van der Waals surface area contributed by atoms with Crippen molar-refractivity contribution in [3.8, 4) is 0 Å². The second kappa shape index (κ2) is 4.98. The third-order valence-corrected chi connectivity index (χ3v) is 1.92. The van der Waals surface area contributed by atoms with Gasteiger partial charge in [-0.2, -0.15) is 0 Å². The predicted molar refractivity (Wildman–Crippen MR) is 56.6 cm³/mol. The summed E-state index contributed by atoms with van der Waals surface area (Å²) in [7, 11) is 0. The van der Waals surface area contributed by atoms with Gasteiger partial charge in [0.15, 0.2) is 0 Å². The Kier molecular flexibility index (Phi) is 3.92. The van der Waals surface area contributed by atoms with Gasteiger partial charge in [-0.05, 0) is 6.07 Å². The van der Waals surface area contributed by atoms with Crippen LogP contribution >= 0.6 is 23.2 Å². The summed E-state index contributed by atoms with van der Waals surface area (Å²) in [5, 5.41) is 3.26. The summed E-state index contributed by atoms with van der Waals surface area (Å²) in [5.74, 6) is -0.315. The summed E-state index contributed by atoms with van der Waals surface area (Å²) < 4.78 is 0. The Hall–Kier alpha value is -1.06. The number of carbonyl (C=O) groups is 1. The Bertz CT molecular complexity index is 366. The number of hydrogen-bond acceptors (Lipinski definition) is 2. The number of amides is 1. The van der Waals surface area contributed by atoms with Gasteiger partial charge in [0.05, 0.1) is 17.1 Å². The smallest absolute Gasteiger partial charge is 0.254 e. The van der Waals surface area contributed by atoms with Gasteiger partial charge in [-0.1, -0.05) is 29.8 Å². The topological polar surface area (TPSA) is 42.0 Å². The van der Waals surface area contributed by atoms with Crippen LogP contribution < -0.4 is 5.32 Å². The van der Waals surface area contributed by atoms with Gasteiger partial charge in [-0.3, -0.25) is 9.78 Å². The summed E-state index contributed by atoms with van der Waals surface area (Å²) in [5.41, 5.74) is 0.326. The average molecular weight is 231 g/mol. The number of halogens is 2. The van der Waals surface area contributed by atoms with Gasteiger partial charge in [0.1, 0.15) is 0 Å². The van der Waals surface area contributed by atoms with E-state index in [-0.39, 0.29) is 12.5 Å². The quantitative estimate of drug-likeness (QED) is 0.866. The van der Waals surface area contributed by atoms with Crippen molar-refractivity contribution in [2.75, 3.05) is 6.54 Å². The third kappa shape index (κ3) is 3.01. The summed E-state index contributed by atoms with van der Waals surface area (Å²) in [6, 6.07) is 1.55. The van der Waals surface area contributed by atoms with Gasteiger partial charge in [0, 0.05) is 17.4 Å². The molecule has 0 aliphatic carbocycles. The number of nitrogens with zero attached hydrogens (tertiary/aromatic N) is 1. The highest BCUT2D eigenvalue weighted by Crippen LogP contribution is 2.12. The molecule has 14 heavy (non-hydrogen) atoms. The molecule has 0 saturated heterocycles. The molecule has 0 aliphatic heterocycles. The fourth-order valence-corrected chi connectivity index (χ4v) is 1.07. The molecule has 1 aromatic rings. The van der Waals surface area contributed by atoms with Gasteiger partial charge in [-0.25, -0.2) is 0 Å². The van der Waals surface area contributed by atoms with Crippen molar-refractivity contribution in [3.63, 3.8) is 0 Å². The van der Waals surface area contributed by atoms with E-state index in [0.29, 0.717) is 15.6 Å². The second-order valence-corrected chi connectivity index (χ2v) is 3.50. The van der Waals surface area contributed by atoms with Gasteiger partial charge in [0.2, 0.25) is 0 Å². The monoisotopic (exact) mass is 230 g/mol. The van der Waals surface area contributed by atoms with Crippen molar-refractivity contribution in [2.24, 2.45) is 0 Å². The number of carbonyl (C=O) groups excluding carboxylic acids is 1. The molecule has 0 fully saturated rings. The minimum atomic E-state index is -0.315. The molecule has 0 unspecified atom stereocenters. The molecule has 0 saturated carbocycles. The van der Waals surface area contributed by atoms with Crippen LogP contribution in [0.5, 0.6) is 0 Å². The molecule has 0 radical (unpaired) electrons.